The van der Waals surface area contributed by atoms with E-state index in [1.807, 2.05) is 0 Å². The summed E-state index contributed by atoms with van der Waals surface area (Å²) >= 11 is 0. The van der Waals surface area contributed by atoms with Crippen LogP contribution in [0.4, 0.5) is 21.0 Å². The molecule has 0 unspecified atom stereocenters. The van der Waals surface area contributed by atoms with Crippen molar-refractivity contribution in [2.24, 2.45) is 11.5 Å². The molecule has 8 nitrogen and oxygen atoms in total. The van der Waals surface area contributed by atoms with Crippen LogP contribution in [0.2, 0.25) is 0 Å². The van der Waals surface area contributed by atoms with Gasteiger partial charge >= 0.3 is 12.1 Å². The third-order valence-corrected chi connectivity index (χ3v) is 3.10. The first-order chi connectivity index (χ1) is 12.3. The maximum atomic E-state index is 11.0. The van der Waals surface area contributed by atoms with Crippen LogP contribution in [-0.2, 0) is 9.59 Å². The third-order valence-electron chi connectivity index (χ3n) is 3.10. The molecule has 0 radical (unpaired) electrons. The smallest absolute Gasteiger partial charge is 0.326 e. The molecule has 0 fully saturated rings. The molecule has 0 heterocycles. The van der Waals surface area contributed by atoms with Crippen LogP contribution in [0, 0.1) is 0 Å². The summed E-state index contributed by atoms with van der Waals surface area (Å²) < 4.78 is 0. The Kier molecular flexibility index (Phi) is 7.50. The van der Waals surface area contributed by atoms with Crippen LogP contribution in [0.15, 0.2) is 60.7 Å². The van der Waals surface area contributed by atoms with Gasteiger partial charge in [0.25, 0.3) is 0 Å². The molecule has 0 spiro atoms. The van der Waals surface area contributed by atoms with Gasteiger partial charge in [-0.25, -0.2) is 19.4 Å². The molecule has 4 N–H and O–H groups in total. The van der Waals surface area contributed by atoms with E-state index >= 15 is 0 Å². The van der Waals surface area contributed by atoms with Gasteiger partial charge in [0, 0.05) is 13.8 Å². The normalized spacial score (nSPS) is 9.31. The average Bonchev–Trinajstić information content (AvgIpc) is 2.56. The SMILES string of the molecule is CC(=O)N(C(N)=O)c1ccccc1.CC(=O)N(C(N)=O)c1ccccc1. The summed E-state index contributed by atoms with van der Waals surface area (Å²) in [6.07, 6.45) is 0. The lowest BCUT2D eigenvalue weighted by Crippen LogP contribution is -2.39. The molecule has 0 saturated carbocycles. The molecule has 136 valence electrons. The molecule has 0 aliphatic carbocycles. The van der Waals surface area contributed by atoms with E-state index in [-0.39, 0.29) is 0 Å². The van der Waals surface area contributed by atoms with Crippen LogP contribution in [0.5, 0.6) is 0 Å². The van der Waals surface area contributed by atoms with Gasteiger partial charge in [-0.1, -0.05) is 36.4 Å². The second kappa shape index (κ2) is 9.58. The van der Waals surface area contributed by atoms with Gasteiger partial charge < -0.3 is 11.5 Å². The lowest BCUT2D eigenvalue weighted by atomic mass is 10.3. The second-order valence-electron chi connectivity index (χ2n) is 5.06. The largest absolute Gasteiger partial charge is 0.351 e. The molecule has 6 amide bonds. The molecular formula is C18H20N4O4. The molecule has 0 atom stereocenters. The van der Waals surface area contributed by atoms with Gasteiger partial charge in [-0.15, -0.1) is 0 Å². The standard InChI is InChI=1S/2C9H10N2O2/c2*1-7(12)11(9(10)13)8-5-3-2-4-6-8/h2*2-6H,1H3,(H2,10,13). The Balaban J connectivity index is 0.000000260. The number of carbonyl (C=O) groups is 4. The molecule has 0 saturated heterocycles. The zero-order chi connectivity index (χ0) is 19.7. The number of para-hydroxylation sites is 2. The van der Waals surface area contributed by atoms with E-state index in [4.69, 9.17) is 11.5 Å². The summed E-state index contributed by atoms with van der Waals surface area (Å²) in [5.74, 6) is -0.780. The van der Waals surface area contributed by atoms with Crippen molar-refractivity contribution in [2.75, 3.05) is 9.80 Å². The quantitative estimate of drug-likeness (QED) is 0.855. The Morgan fingerprint density at radius 3 is 1.08 bits per heavy atom. The van der Waals surface area contributed by atoms with E-state index in [9.17, 15) is 19.2 Å². The first-order valence-corrected chi connectivity index (χ1v) is 7.56. The van der Waals surface area contributed by atoms with Crippen LogP contribution in [0.1, 0.15) is 13.8 Å². The van der Waals surface area contributed by atoms with E-state index in [1.54, 1.807) is 60.7 Å². The number of hydrogen-bond acceptors (Lipinski definition) is 4. The number of imide groups is 2. The molecule has 2 aromatic rings. The summed E-state index contributed by atoms with van der Waals surface area (Å²) in [6.45, 7) is 2.58. The Bertz CT molecular complexity index is 683. The number of hydrogen-bond donors (Lipinski definition) is 2. The topological polar surface area (TPSA) is 127 Å². The number of primary amides is 2. The van der Waals surface area contributed by atoms with Crippen LogP contribution < -0.4 is 21.3 Å². The molecule has 8 heteroatoms. The maximum Gasteiger partial charge on any atom is 0.326 e. The van der Waals surface area contributed by atoms with Gasteiger partial charge in [-0.3, -0.25) is 9.59 Å². The minimum atomic E-state index is -0.765. The summed E-state index contributed by atoms with van der Waals surface area (Å²) in [5.41, 5.74) is 11.0. The first kappa shape index (κ1) is 20.4. The van der Waals surface area contributed by atoms with Crippen molar-refractivity contribution in [2.45, 2.75) is 13.8 Å². The summed E-state index contributed by atoms with van der Waals surface area (Å²) in [5, 5.41) is 0. The van der Waals surface area contributed by atoms with E-state index in [0.717, 1.165) is 9.80 Å². The van der Waals surface area contributed by atoms with Crippen LogP contribution in [0.25, 0.3) is 0 Å². The van der Waals surface area contributed by atoms with Crippen molar-refractivity contribution in [1.29, 1.82) is 0 Å². The minimum absolute atomic E-state index is 0.390. The van der Waals surface area contributed by atoms with Gasteiger partial charge in [0.15, 0.2) is 0 Å². The zero-order valence-corrected chi connectivity index (χ0v) is 14.5. The van der Waals surface area contributed by atoms with Gasteiger partial charge in [-0.2, -0.15) is 0 Å². The fourth-order valence-corrected chi connectivity index (χ4v) is 2.08. The number of benzene rings is 2. The number of anilines is 2. The Labute approximate surface area is 151 Å². The lowest BCUT2D eigenvalue weighted by molar-refractivity contribution is -0.116. The Hall–Kier alpha value is -3.68. The summed E-state index contributed by atoms with van der Waals surface area (Å²) in [4.78, 5) is 45.6. The highest BCUT2D eigenvalue weighted by atomic mass is 16.2. The van der Waals surface area contributed by atoms with Gasteiger partial charge in [0.05, 0.1) is 11.4 Å². The van der Waals surface area contributed by atoms with Crippen LogP contribution >= 0.6 is 0 Å². The summed E-state index contributed by atoms with van der Waals surface area (Å²) in [6, 6.07) is 15.6. The van der Waals surface area contributed by atoms with Crippen molar-refractivity contribution in [3.63, 3.8) is 0 Å². The van der Waals surface area contributed by atoms with Gasteiger partial charge in [0.2, 0.25) is 11.8 Å². The average molecular weight is 356 g/mol. The molecule has 2 aromatic carbocycles. The number of nitrogens with zero attached hydrogens (tertiary/aromatic N) is 2. The van der Waals surface area contributed by atoms with Crippen LogP contribution in [0.3, 0.4) is 0 Å². The fourth-order valence-electron chi connectivity index (χ4n) is 2.08. The third kappa shape index (κ3) is 5.75. The number of rotatable bonds is 2. The highest BCUT2D eigenvalue weighted by Gasteiger charge is 2.16. The predicted octanol–water partition coefficient (Wildman–Crippen LogP) is 2.24. The Morgan fingerprint density at radius 2 is 0.885 bits per heavy atom. The Morgan fingerprint density at radius 1 is 0.615 bits per heavy atom. The number of amides is 6. The highest BCUT2D eigenvalue weighted by Crippen LogP contribution is 2.13. The van der Waals surface area contributed by atoms with Crippen molar-refractivity contribution in [3.05, 3.63) is 60.7 Å². The van der Waals surface area contributed by atoms with Crippen molar-refractivity contribution < 1.29 is 19.2 Å². The highest BCUT2D eigenvalue weighted by molar-refractivity contribution is 6.13. The maximum absolute atomic E-state index is 11.0. The van der Waals surface area contributed by atoms with Crippen molar-refractivity contribution in [1.82, 2.24) is 0 Å². The van der Waals surface area contributed by atoms with Crippen molar-refractivity contribution >= 4 is 35.3 Å². The molecule has 0 aliphatic rings. The van der Waals surface area contributed by atoms with E-state index in [1.165, 1.54) is 13.8 Å². The lowest BCUT2D eigenvalue weighted by Gasteiger charge is -2.15. The molecular weight excluding hydrogens is 336 g/mol. The number of carbonyl (C=O) groups excluding carboxylic acids is 4. The van der Waals surface area contributed by atoms with Gasteiger partial charge in [0.1, 0.15) is 0 Å². The molecule has 0 aromatic heterocycles. The molecule has 0 bridgehead atoms. The molecule has 2 rings (SSSR count). The predicted molar refractivity (Wildman–Crippen MR) is 98.4 cm³/mol. The van der Waals surface area contributed by atoms with E-state index in [0.29, 0.717) is 11.4 Å². The zero-order valence-electron chi connectivity index (χ0n) is 14.5. The molecule has 0 aliphatic heterocycles. The molecule has 26 heavy (non-hydrogen) atoms. The second-order valence-corrected chi connectivity index (χ2v) is 5.06. The van der Waals surface area contributed by atoms with Gasteiger partial charge in [-0.05, 0) is 24.3 Å². The van der Waals surface area contributed by atoms with E-state index in [2.05, 4.69) is 0 Å². The summed E-state index contributed by atoms with van der Waals surface area (Å²) in [7, 11) is 0. The minimum Gasteiger partial charge on any atom is -0.351 e. The van der Waals surface area contributed by atoms with Crippen molar-refractivity contribution in [3.8, 4) is 0 Å². The fraction of sp³-hybridized carbons (Fsp3) is 0.111. The number of urea groups is 2. The van der Waals surface area contributed by atoms with Crippen LogP contribution in [-0.4, -0.2) is 23.9 Å². The number of nitrogens with two attached hydrogens (primary N) is 2. The van der Waals surface area contributed by atoms with E-state index < -0.39 is 23.9 Å². The first-order valence-electron chi connectivity index (χ1n) is 7.56. The monoisotopic (exact) mass is 356 g/mol.